The number of carbonyl (C=O) groups excluding carboxylic acids is 2. The molecule has 4 rings (SSSR count). The molecule has 0 aliphatic carbocycles. The van der Waals surface area contributed by atoms with Crippen LogP contribution < -0.4 is 19.9 Å². The van der Waals surface area contributed by atoms with Gasteiger partial charge in [0.2, 0.25) is 11.8 Å². The molecule has 1 unspecified atom stereocenters. The molecule has 0 bridgehead atoms. The number of hydrogen-bond acceptors (Lipinski definition) is 6. The maximum atomic E-state index is 12.0. The highest BCUT2D eigenvalue weighted by Crippen LogP contribution is 2.34. The lowest BCUT2D eigenvalue weighted by atomic mass is 10.0. The molecule has 1 amide bonds. The Bertz CT molecular complexity index is 1100. The van der Waals surface area contributed by atoms with Crippen LogP contribution in [0.1, 0.15) is 44.4 Å². The van der Waals surface area contributed by atoms with Crippen molar-refractivity contribution >= 4 is 11.7 Å². The maximum Gasteiger partial charge on any atom is 0.248 e. The number of aromatic nitrogens is 1. The molecule has 0 saturated carbocycles. The molecule has 0 radical (unpaired) electrons. The van der Waals surface area contributed by atoms with E-state index >= 15 is 0 Å². The first-order valence-corrected chi connectivity index (χ1v) is 9.41. The molecule has 152 valence electrons. The zero-order valence-corrected chi connectivity index (χ0v) is 16.3. The summed E-state index contributed by atoms with van der Waals surface area (Å²) in [5.41, 5.74) is 7.93. The quantitative estimate of drug-likeness (QED) is 0.676. The van der Waals surface area contributed by atoms with Crippen LogP contribution in [0.3, 0.4) is 0 Å². The van der Waals surface area contributed by atoms with Gasteiger partial charge in [0.05, 0.1) is 19.3 Å². The summed E-state index contributed by atoms with van der Waals surface area (Å²) in [6.07, 6.45) is 1.50. The molecule has 7 heteroatoms. The van der Waals surface area contributed by atoms with Gasteiger partial charge in [0, 0.05) is 35.9 Å². The van der Waals surface area contributed by atoms with E-state index in [4.69, 9.17) is 19.9 Å². The molecular formula is C23H20N2O5. The number of ether oxygens (including phenoxy) is 3. The largest absolute Gasteiger partial charge is 0.492 e. The lowest BCUT2D eigenvalue weighted by Gasteiger charge is -2.22. The predicted molar refractivity (Wildman–Crippen MR) is 109 cm³/mol. The Morgan fingerprint density at radius 2 is 1.90 bits per heavy atom. The van der Waals surface area contributed by atoms with Crippen LogP contribution in [-0.2, 0) is 0 Å². The Labute approximate surface area is 173 Å². The van der Waals surface area contributed by atoms with Crippen LogP contribution in [0.2, 0.25) is 0 Å². The van der Waals surface area contributed by atoms with Gasteiger partial charge < -0.3 is 19.9 Å². The summed E-state index contributed by atoms with van der Waals surface area (Å²) in [4.78, 5) is 27.6. The molecule has 1 aliphatic rings. The van der Waals surface area contributed by atoms with Crippen molar-refractivity contribution in [1.29, 1.82) is 0 Å². The highest BCUT2D eigenvalue weighted by Gasteiger charge is 2.22. The summed E-state index contributed by atoms with van der Waals surface area (Å²) in [5.74, 6) is 1.07. The lowest BCUT2D eigenvalue weighted by molar-refractivity contribution is 0.0932. The number of Topliss-reactive ketones (excluding diaryl/α,β-unsaturated/α-hetero) is 1. The maximum absolute atomic E-state index is 12.0. The second kappa shape index (κ2) is 8.24. The van der Waals surface area contributed by atoms with Crippen molar-refractivity contribution in [2.24, 2.45) is 5.73 Å². The fourth-order valence-electron chi connectivity index (χ4n) is 3.30. The van der Waals surface area contributed by atoms with Gasteiger partial charge in [0.15, 0.2) is 5.78 Å². The molecule has 7 nitrogen and oxygen atoms in total. The van der Waals surface area contributed by atoms with E-state index in [9.17, 15) is 9.59 Å². The van der Waals surface area contributed by atoms with Crippen molar-refractivity contribution in [3.05, 3.63) is 83.0 Å². The van der Waals surface area contributed by atoms with Crippen molar-refractivity contribution in [1.82, 2.24) is 4.98 Å². The van der Waals surface area contributed by atoms with Crippen molar-refractivity contribution in [2.75, 3.05) is 13.7 Å². The SMILES string of the molecule is COc1cc(C(Oc2ccc3c(c2)OCCC3=O)c2ccc(C(N)=O)cc2)ccn1. The number of benzene rings is 2. The molecular weight excluding hydrogens is 384 g/mol. The van der Waals surface area contributed by atoms with Crippen LogP contribution >= 0.6 is 0 Å². The third-order valence-electron chi connectivity index (χ3n) is 4.86. The minimum atomic E-state index is -0.513. The summed E-state index contributed by atoms with van der Waals surface area (Å²) in [6, 6.07) is 15.7. The summed E-state index contributed by atoms with van der Waals surface area (Å²) in [7, 11) is 1.54. The van der Waals surface area contributed by atoms with Gasteiger partial charge >= 0.3 is 0 Å². The first-order valence-electron chi connectivity index (χ1n) is 9.41. The Hall–Kier alpha value is -3.87. The molecule has 1 aliphatic heterocycles. The van der Waals surface area contributed by atoms with Crippen molar-refractivity contribution in [2.45, 2.75) is 12.5 Å². The van der Waals surface area contributed by atoms with Gasteiger partial charge in [-0.25, -0.2) is 4.98 Å². The third kappa shape index (κ3) is 3.96. The van der Waals surface area contributed by atoms with Crippen molar-refractivity contribution in [3.8, 4) is 17.4 Å². The highest BCUT2D eigenvalue weighted by molar-refractivity contribution is 5.99. The fraction of sp³-hybridized carbons (Fsp3) is 0.174. The summed E-state index contributed by atoms with van der Waals surface area (Å²) < 4.78 is 17.2. The Balaban J connectivity index is 1.71. The average Bonchev–Trinajstić information content (AvgIpc) is 2.77. The monoisotopic (exact) mass is 404 g/mol. The van der Waals surface area contributed by atoms with E-state index in [-0.39, 0.29) is 5.78 Å². The van der Waals surface area contributed by atoms with Crippen LogP contribution in [0.25, 0.3) is 0 Å². The van der Waals surface area contributed by atoms with E-state index < -0.39 is 12.0 Å². The number of hydrogen-bond donors (Lipinski definition) is 1. The lowest BCUT2D eigenvalue weighted by Crippen LogP contribution is -2.16. The second-order valence-electron chi connectivity index (χ2n) is 6.80. The second-order valence-corrected chi connectivity index (χ2v) is 6.80. The van der Waals surface area contributed by atoms with Gasteiger partial charge in [-0.3, -0.25) is 9.59 Å². The van der Waals surface area contributed by atoms with Crippen LogP contribution in [-0.4, -0.2) is 30.4 Å². The zero-order chi connectivity index (χ0) is 21.1. The van der Waals surface area contributed by atoms with Crippen LogP contribution in [0.5, 0.6) is 17.4 Å². The Morgan fingerprint density at radius 3 is 2.63 bits per heavy atom. The van der Waals surface area contributed by atoms with Crippen LogP contribution in [0.4, 0.5) is 0 Å². The van der Waals surface area contributed by atoms with Gasteiger partial charge in [-0.15, -0.1) is 0 Å². The average molecular weight is 404 g/mol. The number of carbonyl (C=O) groups is 2. The van der Waals surface area contributed by atoms with Crippen molar-refractivity contribution in [3.63, 3.8) is 0 Å². The number of amides is 1. The molecule has 0 saturated heterocycles. The number of primary amides is 1. The number of ketones is 1. The summed E-state index contributed by atoms with van der Waals surface area (Å²) in [6.45, 7) is 0.356. The molecule has 0 spiro atoms. The predicted octanol–water partition coefficient (Wildman–Crippen LogP) is 3.32. The summed E-state index contributed by atoms with van der Waals surface area (Å²) >= 11 is 0. The van der Waals surface area contributed by atoms with E-state index in [0.717, 1.165) is 11.1 Å². The molecule has 0 fully saturated rings. The topological polar surface area (TPSA) is 101 Å². The Kier molecular flexibility index (Phi) is 5.34. The van der Waals surface area contributed by atoms with Gasteiger partial charge in [-0.1, -0.05) is 12.1 Å². The number of pyridine rings is 1. The number of nitrogens with zero attached hydrogens (tertiary/aromatic N) is 1. The molecule has 1 aromatic heterocycles. The number of nitrogens with two attached hydrogens (primary N) is 1. The van der Waals surface area contributed by atoms with E-state index in [1.54, 1.807) is 61.8 Å². The first kappa shape index (κ1) is 19.4. The van der Waals surface area contributed by atoms with Gasteiger partial charge in [0.25, 0.3) is 0 Å². The highest BCUT2D eigenvalue weighted by atomic mass is 16.5. The minimum Gasteiger partial charge on any atom is -0.492 e. The van der Waals surface area contributed by atoms with Crippen LogP contribution in [0, 0.1) is 0 Å². The molecule has 2 N–H and O–H groups in total. The Morgan fingerprint density at radius 1 is 1.10 bits per heavy atom. The van der Waals surface area contributed by atoms with E-state index in [1.807, 2.05) is 6.07 Å². The fourth-order valence-corrected chi connectivity index (χ4v) is 3.30. The molecule has 1 atom stereocenters. The van der Waals surface area contributed by atoms with E-state index in [0.29, 0.717) is 41.5 Å². The number of rotatable bonds is 6. The van der Waals surface area contributed by atoms with Gasteiger partial charge in [0.1, 0.15) is 17.6 Å². The minimum absolute atomic E-state index is 0.0558. The molecule has 2 heterocycles. The van der Waals surface area contributed by atoms with Gasteiger partial charge in [-0.05, 0) is 35.9 Å². The third-order valence-corrected chi connectivity index (χ3v) is 4.86. The zero-order valence-electron chi connectivity index (χ0n) is 16.3. The molecule has 3 aromatic rings. The number of methoxy groups -OCH3 is 1. The molecule has 2 aromatic carbocycles. The van der Waals surface area contributed by atoms with Gasteiger partial charge in [-0.2, -0.15) is 0 Å². The van der Waals surface area contributed by atoms with E-state index in [1.165, 1.54) is 0 Å². The number of fused-ring (bicyclic) bond motifs is 1. The first-order chi connectivity index (χ1) is 14.5. The summed E-state index contributed by atoms with van der Waals surface area (Å²) in [5, 5.41) is 0. The van der Waals surface area contributed by atoms with Crippen molar-refractivity contribution < 1.29 is 23.8 Å². The smallest absolute Gasteiger partial charge is 0.248 e. The van der Waals surface area contributed by atoms with Crippen LogP contribution in [0.15, 0.2) is 60.8 Å². The standard InChI is InChI=1S/C23H20N2O5/c1-28-21-12-16(8-10-25-21)22(14-2-4-15(5-3-14)23(24)27)30-17-6-7-18-19(26)9-11-29-20(18)13-17/h2-8,10,12-13,22H,9,11H2,1H3,(H2,24,27). The molecule has 30 heavy (non-hydrogen) atoms. The normalized spacial score (nSPS) is 13.7. The van der Waals surface area contributed by atoms with E-state index in [2.05, 4.69) is 4.98 Å².